The number of hydrogen-bond donors (Lipinski definition) is 1. The van der Waals surface area contributed by atoms with Gasteiger partial charge in [-0.3, -0.25) is 0 Å². The average Bonchev–Trinajstić information content (AvgIpc) is 2.56. The Kier molecular flexibility index (Phi) is 3.31. The smallest absolute Gasteiger partial charge is 0.125 e. The minimum atomic E-state index is -0.379. The van der Waals surface area contributed by atoms with Crippen molar-refractivity contribution in [3.05, 3.63) is 45.4 Å². The van der Waals surface area contributed by atoms with Crippen LogP contribution in [0.1, 0.15) is 17.0 Å². The highest BCUT2D eigenvalue weighted by molar-refractivity contribution is 9.10. The van der Waals surface area contributed by atoms with Gasteiger partial charge in [-0.2, -0.15) is 5.10 Å². The first-order valence-electron chi connectivity index (χ1n) is 5.15. The molecular weight excluding hydrogens is 287 g/mol. The van der Waals surface area contributed by atoms with Crippen molar-refractivity contribution in [2.75, 3.05) is 0 Å². The van der Waals surface area contributed by atoms with Crippen molar-refractivity contribution in [3.63, 3.8) is 0 Å². The van der Waals surface area contributed by atoms with Crippen LogP contribution in [-0.2, 0) is 6.61 Å². The molecule has 17 heavy (non-hydrogen) atoms. The van der Waals surface area contributed by atoms with E-state index in [0.29, 0.717) is 11.3 Å². The van der Waals surface area contributed by atoms with Gasteiger partial charge in [0, 0.05) is 0 Å². The molecular formula is C12H12BrFN2O. The lowest BCUT2D eigenvalue weighted by Gasteiger charge is -2.06. The molecule has 1 aromatic carbocycles. The standard InChI is InChI=1S/C12H12BrFN2O/c1-7-12(13)8(2)16(15-7)11-4-9(6-17)3-10(14)5-11/h3-5,17H,6H2,1-2H3. The third kappa shape index (κ3) is 2.25. The molecule has 0 bridgehead atoms. The molecule has 90 valence electrons. The lowest BCUT2D eigenvalue weighted by atomic mass is 10.2. The number of hydrogen-bond acceptors (Lipinski definition) is 2. The van der Waals surface area contributed by atoms with E-state index in [2.05, 4.69) is 21.0 Å². The second-order valence-electron chi connectivity index (χ2n) is 3.87. The largest absolute Gasteiger partial charge is 0.392 e. The molecule has 5 heteroatoms. The second kappa shape index (κ2) is 4.58. The number of aliphatic hydroxyl groups is 1. The van der Waals surface area contributed by atoms with Crippen LogP contribution in [0.15, 0.2) is 22.7 Å². The van der Waals surface area contributed by atoms with E-state index in [9.17, 15) is 4.39 Å². The summed E-state index contributed by atoms with van der Waals surface area (Å²) in [6.45, 7) is 3.58. The first-order valence-corrected chi connectivity index (χ1v) is 5.94. The Bertz CT molecular complexity index is 566. The molecule has 0 fully saturated rings. The van der Waals surface area contributed by atoms with Gasteiger partial charge >= 0.3 is 0 Å². The molecule has 0 radical (unpaired) electrons. The van der Waals surface area contributed by atoms with E-state index in [1.807, 2.05) is 13.8 Å². The number of rotatable bonds is 2. The summed E-state index contributed by atoms with van der Waals surface area (Å²) in [4.78, 5) is 0. The van der Waals surface area contributed by atoms with Gasteiger partial charge in [-0.25, -0.2) is 9.07 Å². The lowest BCUT2D eigenvalue weighted by Crippen LogP contribution is -2.01. The molecule has 2 aromatic rings. The fourth-order valence-corrected chi connectivity index (χ4v) is 1.97. The van der Waals surface area contributed by atoms with Gasteiger partial charge in [0.15, 0.2) is 0 Å². The van der Waals surface area contributed by atoms with E-state index < -0.39 is 0 Å². The quantitative estimate of drug-likeness (QED) is 0.926. The Hall–Kier alpha value is -1.20. The van der Waals surface area contributed by atoms with Crippen LogP contribution in [-0.4, -0.2) is 14.9 Å². The minimum Gasteiger partial charge on any atom is -0.392 e. The molecule has 0 amide bonds. The third-order valence-corrected chi connectivity index (χ3v) is 3.72. The van der Waals surface area contributed by atoms with Crippen LogP contribution in [0, 0.1) is 19.7 Å². The lowest BCUT2D eigenvalue weighted by molar-refractivity contribution is 0.281. The van der Waals surface area contributed by atoms with Gasteiger partial charge in [0.2, 0.25) is 0 Å². The van der Waals surface area contributed by atoms with Crippen molar-refractivity contribution < 1.29 is 9.50 Å². The fraction of sp³-hybridized carbons (Fsp3) is 0.250. The van der Waals surface area contributed by atoms with Gasteiger partial charge < -0.3 is 5.11 Å². The first kappa shape index (κ1) is 12.3. The van der Waals surface area contributed by atoms with Crippen LogP contribution in [0.5, 0.6) is 0 Å². The molecule has 1 aromatic heterocycles. The van der Waals surface area contributed by atoms with Crippen LogP contribution in [0.4, 0.5) is 4.39 Å². The van der Waals surface area contributed by atoms with E-state index in [4.69, 9.17) is 5.11 Å². The summed E-state index contributed by atoms with van der Waals surface area (Å²) in [5, 5.41) is 13.4. The Morgan fingerprint density at radius 1 is 1.35 bits per heavy atom. The summed E-state index contributed by atoms with van der Waals surface area (Å²) in [6.07, 6.45) is 0. The normalized spacial score (nSPS) is 10.9. The van der Waals surface area contributed by atoms with Gasteiger partial charge in [-0.1, -0.05) is 0 Å². The number of nitrogens with zero attached hydrogens (tertiary/aromatic N) is 2. The fourth-order valence-electron chi connectivity index (χ4n) is 1.72. The third-order valence-electron chi connectivity index (χ3n) is 2.57. The van der Waals surface area contributed by atoms with Crippen molar-refractivity contribution >= 4 is 15.9 Å². The number of benzene rings is 1. The first-order chi connectivity index (χ1) is 8.02. The highest BCUT2D eigenvalue weighted by atomic mass is 79.9. The SMILES string of the molecule is Cc1nn(-c2cc(F)cc(CO)c2)c(C)c1Br. The molecule has 0 spiro atoms. The van der Waals surface area contributed by atoms with E-state index in [0.717, 1.165) is 15.9 Å². The van der Waals surface area contributed by atoms with Crippen LogP contribution in [0.25, 0.3) is 5.69 Å². The zero-order chi connectivity index (χ0) is 12.6. The van der Waals surface area contributed by atoms with E-state index in [-0.39, 0.29) is 12.4 Å². The minimum absolute atomic E-state index is 0.189. The second-order valence-corrected chi connectivity index (χ2v) is 4.67. The topological polar surface area (TPSA) is 38.0 Å². The zero-order valence-corrected chi connectivity index (χ0v) is 11.1. The molecule has 1 N–H and O–H groups in total. The van der Waals surface area contributed by atoms with E-state index in [1.54, 1.807) is 10.7 Å². The highest BCUT2D eigenvalue weighted by Gasteiger charge is 2.11. The van der Waals surface area contributed by atoms with Crippen molar-refractivity contribution in [3.8, 4) is 5.69 Å². The van der Waals surface area contributed by atoms with Crippen LogP contribution in [0.3, 0.4) is 0 Å². The molecule has 0 aliphatic rings. The predicted molar refractivity (Wildman–Crippen MR) is 66.6 cm³/mol. The highest BCUT2D eigenvalue weighted by Crippen LogP contribution is 2.23. The van der Waals surface area contributed by atoms with Gasteiger partial charge in [0.05, 0.1) is 28.2 Å². The maximum Gasteiger partial charge on any atom is 0.125 e. The summed E-state index contributed by atoms with van der Waals surface area (Å²) in [5.74, 6) is -0.379. The van der Waals surface area contributed by atoms with Crippen molar-refractivity contribution in [2.45, 2.75) is 20.5 Å². The summed E-state index contributed by atoms with van der Waals surface area (Å²) >= 11 is 3.42. The monoisotopic (exact) mass is 298 g/mol. The van der Waals surface area contributed by atoms with Crippen molar-refractivity contribution in [1.82, 2.24) is 9.78 Å². The summed E-state index contributed by atoms with van der Waals surface area (Å²) in [6, 6.07) is 4.42. The molecule has 1 heterocycles. The van der Waals surface area contributed by atoms with E-state index in [1.165, 1.54) is 12.1 Å². The number of aliphatic hydroxyl groups excluding tert-OH is 1. The molecule has 0 saturated heterocycles. The Morgan fingerprint density at radius 3 is 2.59 bits per heavy atom. The molecule has 0 aliphatic heterocycles. The van der Waals surface area contributed by atoms with Crippen LogP contribution >= 0.6 is 15.9 Å². The maximum atomic E-state index is 13.4. The summed E-state index contributed by atoms with van der Waals surface area (Å²) < 4.78 is 15.9. The van der Waals surface area contributed by atoms with Crippen LogP contribution in [0.2, 0.25) is 0 Å². The Morgan fingerprint density at radius 2 is 2.06 bits per heavy atom. The van der Waals surface area contributed by atoms with Crippen LogP contribution < -0.4 is 0 Å². The summed E-state index contributed by atoms with van der Waals surface area (Å²) in [5.41, 5.74) is 2.89. The van der Waals surface area contributed by atoms with Crippen molar-refractivity contribution in [1.29, 1.82) is 0 Å². The Labute approximate surface area is 107 Å². The van der Waals surface area contributed by atoms with Gasteiger partial charge in [-0.15, -0.1) is 0 Å². The molecule has 2 rings (SSSR count). The average molecular weight is 299 g/mol. The molecule has 3 nitrogen and oxygen atoms in total. The van der Waals surface area contributed by atoms with Gasteiger partial charge in [-0.05, 0) is 53.5 Å². The van der Waals surface area contributed by atoms with E-state index >= 15 is 0 Å². The summed E-state index contributed by atoms with van der Waals surface area (Å²) in [7, 11) is 0. The molecule has 0 atom stereocenters. The Balaban J connectivity index is 2.59. The molecule has 0 saturated carbocycles. The predicted octanol–water partition coefficient (Wildman–Crippen LogP) is 2.88. The number of aromatic nitrogens is 2. The van der Waals surface area contributed by atoms with Gasteiger partial charge in [0.1, 0.15) is 5.82 Å². The van der Waals surface area contributed by atoms with Crippen molar-refractivity contribution in [2.24, 2.45) is 0 Å². The molecule has 0 aliphatic carbocycles. The maximum absolute atomic E-state index is 13.4. The number of aryl methyl sites for hydroxylation is 1. The molecule has 0 unspecified atom stereocenters. The number of halogens is 2. The zero-order valence-electron chi connectivity index (χ0n) is 9.54. The van der Waals surface area contributed by atoms with Gasteiger partial charge in [0.25, 0.3) is 0 Å².